The van der Waals surface area contributed by atoms with Crippen LogP contribution in [0.2, 0.25) is 0 Å². The number of ether oxygens (including phenoxy) is 2. The largest absolute Gasteiger partial charge is 0.497 e. The van der Waals surface area contributed by atoms with Gasteiger partial charge in [-0.15, -0.1) is 0 Å². The first-order valence-corrected chi connectivity index (χ1v) is 9.71. The Morgan fingerprint density at radius 1 is 1.15 bits per heavy atom. The van der Waals surface area contributed by atoms with Crippen LogP contribution in [0.3, 0.4) is 0 Å². The van der Waals surface area contributed by atoms with Crippen molar-refractivity contribution in [3.8, 4) is 11.5 Å². The van der Waals surface area contributed by atoms with E-state index in [1.54, 1.807) is 12.0 Å². The molecule has 0 radical (unpaired) electrons. The Labute approximate surface area is 161 Å². The molecule has 1 amide bonds. The smallest absolute Gasteiger partial charge is 0.236 e. The lowest BCUT2D eigenvalue weighted by atomic mass is 10.1. The fraction of sp³-hybridized carbons (Fsp3) is 0.650. The Bertz CT molecular complexity index is 634. The number of methoxy groups -OCH3 is 1. The second-order valence-corrected chi connectivity index (χ2v) is 7.47. The topological polar surface area (TPSA) is 65.5 Å². The Balaban J connectivity index is 1.61. The summed E-state index contributed by atoms with van der Waals surface area (Å²) in [6.45, 7) is 5.63. The second kappa shape index (κ2) is 9.39. The number of hydrogen-bond donors (Lipinski definition) is 1. The first kappa shape index (κ1) is 19.9. The maximum absolute atomic E-state index is 12.0. The van der Waals surface area contributed by atoms with Crippen LogP contribution in [0.1, 0.15) is 18.4 Å². The number of likely N-dealkylation sites (tertiary alicyclic amines) is 1. The molecular formula is C20H31N3O4. The number of carbonyl (C=O) groups is 1. The molecule has 3 rings (SSSR count). The number of hydrogen-bond acceptors (Lipinski definition) is 6. The van der Waals surface area contributed by atoms with Crippen molar-refractivity contribution in [2.75, 3.05) is 60.0 Å². The summed E-state index contributed by atoms with van der Waals surface area (Å²) in [4.78, 5) is 18.1. The summed E-state index contributed by atoms with van der Waals surface area (Å²) < 4.78 is 11.3. The number of rotatable bonds is 8. The van der Waals surface area contributed by atoms with Gasteiger partial charge in [0.05, 0.1) is 13.7 Å². The molecule has 0 aromatic heterocycles. The minimum absolute atomic E-state index is 0.137. The van der Waals surface area contributed by atoms with Crippen molar-refractivity contribution in [3.63, 3.8) is 0 Å². The van der Waals surface area contributed by atoms with Gasteiger partial charge in [-0.2, -0.15) is 0 Å². The molecular weight excluding hydrogens is 346 g/mol. The van der Waals surface area contributed by atoms with Crippen molar-refractivity contribution >= 4 is 5.91 Å². The van der Waals surface area contributed by atoms with Crippen LogP contribution in [0, 0.1) is 0 Å². The van der Waals surface area contributed by atoms with Crippen LogP contribution >= 0.6 is 0 Å². The molecule has 2 saturated heterocycles. The van der Waals surface area contributed by atoms with Gasteiger partial charge in [0.25, 0.3) is 0 Å². The van der Waals surface area contributed by atoms with E-state index in [9.17, 15) is 9.90 Å². The number of aliphatic hydroxyl groups excluding tert-OH is 1. The SMILES string of the molecule is COc1ccc(CN2CCN(C)C(=O)C2)c(OC[C@@H](O)CN2CCCC2)c1. The number of amides is 1. The Morgan fingerprint density at radius 2 is 1.93 bits per heavy atom. The van der Waals surface area contributed by atoms with E-state index in [1.165, 1.54) is 12.8 Å². The minimum Gasteiger partial charge on any atom is -0.497 e. The van der Waals surface area contributed by atoms with Gasteiger partial charge in [0.15, 0.2) is 0 Å². The Kier molecular flexibility index (Phi) is 6.93. The van der Waals surface area contributed by atoms with Crippen LogP contribution < -0.4 is 9.47 Å². The van der Waals surface area contributed by atoms with Crippen molar-refractivity contribution in [2.24, 2.45) is 0 Å². The zero-order valence-electron chi connectivity index (χ0n) is 16.4. The summed E-state index contributed by atoms with van der Waals surface area (Å²) >= 11 is 0. The predicted octanol–water partition coefficient (Wildman–Crippen LogP) is 0.805. The summed E-state index contributed by atoms with van der Waals surface area (Å²) in [5.74, 6) is 1.57. The molecule has 27 heavy (non-hydrogen) atoms. The van der Waals surface area contributed by atoms with Crippen molar-refractivity contribution in [1.82, 2.24) is 14.7 Å². The van der Waals surface area contributed by atoms with Crippen molar-refractivity contribution in [3.05, 3.63) is 23.8 Å². The Hall–Kier alpha value is -1.83. The molecule has 0 spiro atoms. The number of nitrogens with zero attached hydrogens (tertiary/aromatic N) is 3. The van der Waals surface area contributed by atoms with Crippen LogP contribution in [0.4, 0.5) is 0 Å². The lowest BCUT2D eigenvalue weighted by molar-refractivity contribution is -0.134. The van der Waals surface area contributed by atoms with Crippen LogP contribution in [0.25, 0.3) is 0 Å². The third-order valence-corrected chi connectivity index (χ3v) is 5.30. The molecule has 0 aliphatic carbocycles. The lowest BCUT2D eigenvalue weighted by Gasteiger charge is -2.32. The zero-order chi connectivity index (χ0) is 19.2. The normalized spacial score (nSPS) is 20.1. The molecule has 0 saturated carbocycles. The maximum Gasteiger partial charge on any atom is 0.236 e. The van der Waals surface area contributed by atoms with Crippen LogP contribution in [0.5, 0.6) is 11.5 Å². The molecule has 0 unspecified atom stereocenters. The van der Waals surface area contributed by atoms with Crippen molar-refractivity contribution < 1.29 is 19.4 Å². The average molecular weight is 377 g/mol. The summed E-state index contributed by atoms with van der Waals surface area (Å²) in [6, 6.07) is 5.74. The van der Waals surface area contributed by atoms with Gasteiger partial charge in [-0.25, -0.2) is 0 Å². The summed E-state index contributed by atoms with van der Waals surface area (Å²) in [7, 11) is 3.46. The van der Waals surface area contributed by atoms with E-state index in [1.807, 2.05) is 25.2 Å². The third kappa shape index (κ3) is 5.57. The van der Waals surface area contributed by atoms with Gasteiger partial charge in [-0.05, 0) is 32.0 Å². The average Bonchev–Trinajstić information content (AvgIpc) is 3.17. The number of benzene rings is 1. The highest BCUT2D eigenvalue weighted by Gasteiger charge is 2.22. The molecule has 1 aromatic carbocycles. The third-order valence-electron chi connectivity index (χ3n) is 5.30. The van der Waals surface area contributed by atoms with Crippen LogP contribution in [-0.2, 0) is 11.3 Å². The van der Waals surface area contributed by atoms with Crippen LogP contribution in [-0.4, -0.2) is 91.9 Å². The fourth-order valence-corrected chi connectivity index (χ4v) is 3.61. The zero-order valence-corrected chi connectivity index (χ0v) is 16.4. The summed E-state index contributed by atoms with van der Waals surface area (Å²) in [5, 5.41) is 10.3. The molecule has 1 N–H and O–H groups in total. The van der Waals surface area contributed by atoms with Gasteiger partial charge in [-0.1, -0.05) is 6.07 Å². The van der Waals surface area contributed by atoms with E-state index in [4.69, 9.17) is 9.47 Å². The van der Waals surface area contributed by atoms with E-state index in [-0.39, 0.29) is 12.5 Å². The maximum atomic E-state index is 12.0. The Morgan fingerprint density at radius 3 is 2.63 bits per heavy atom. The molecule has 2 aliphatic heterocycles. The van der Waals surface area contributed by atoms with Gasteiger partial charge in [0.1, 0.15) is 24.2 Å². The monoisotopic (exact) mass is 377 g/mol. The quantitative estimate of drug-likeness (QED) is 0.723. The van der Waals surface area contributed by atoms with Crippen molar-refractivity contribution in [2.45, 2.75) is 25.5 Å². The van der Waals surface area contributed by atoms with E-state index >= 15 is 0 Å². The molecule has 2 fully saturated rings. The summed E-state index contributed by atoms with van der Waals surface area (Å²) in [5.41, 5.74) is 1.00. The summed E-state index contributed by atoms with van der Waals surface area (Å²) in [6.07, 6.45) is 1.89. The first-order valence-electron chi connectivity index (χ1n) is 9.71. The molecule has 2 heterocycles. The van der Waals surface area contributed by atoms with Gasteiger partial charge in [0, 0.05) is 44.9 Å². The van der Waals surface area contributed by atoms with E-state index in [0.29, 0.717) is 25.4 Å². The van der Waals surface area contributed by atoms with Crippen LogP contribution in [0.15, 0.2) is 18.2 Å². The van der Waals surface area contributed by atoms with E-state index in [2.05, 4.69) is 9.80 Å². The lowest BCUT2D eigenvalue weighted by Crippen LogP contribution is -2.48. The number of piperazine rings is 1. The second-order valence-electron chi connectivity index (χ2n) is 7.47. The molecule has 1 aromatic rings. The molecule has 2 aliphatic rings. The van der Waals surface area contributed by atoms with Gasteiger partial charge >= 0.3 is 0 Å². The van der Waals surface area contributed by atoms with Gasteiger partial charge in [0.2, 0.25) is 5.91 Å². The predicted molar refractivity (Wildman–Crippen MR) is 103 cm³/mol. The highest BCUT2D eigenvalue weighted by Crippen LogP contribution is 2.27. The number of likely N-dealkylation sites (N-methyl/N-ethyl adjacent to an activating group) is 1. The molecule has 1 atom stereocenters. The highest BCUT2D eigenvalue weighted by atomic mass is 16.5. The van der Waals surface area contributed by atoms with E-state index < -0.39 is 6.10 Å². The molecule has 0 bridgehead atoms. The highest BCUT2D eigenvalue weighted by molar-refractivity contribution is 5.78. The first-order chi connectivity index (χ1) is 13.0. The standard InChI is InChI=1S/C20H31N3O4/c1-21-9-10-23(14-20(21)25)12-16-5-6-18(26-2)11-19(16)27-15-17(24)13-22-7-3-4-8-22/h5-6,11,17,24H,3-4,7-10,12-15H2,1-2H3/t17-/m0/s1. The fourth-order valence-electron chi connectivity index (χ4n) is 3.61. The van der Waals surface area contributed by atoms with Crippen molar-refractivity contribution in [1.29, 1.82) is 0 Å². The van der Waals surface area contributed by atoms with Gasteiger partial charge in [-0.3, -0.25) is 9.69 Å². The molecule has 7 nitrogen and oxygen atoms in total. The molecule has 7 heteroatoms. The van der Waals surface area contributed by atoms with E-state index in [0.717, 1.165) is 37.5 Å². The molecule has 150 valence electrons. The number of carbonyl (C=O) groups excluding carboxylic acids is 1. The van der Waals surface area contributed by atoms with Gasteiger partial charge < -0.3 is 24.4 Å². The number of aliphatic hydroxyl groups is 1. The number of β-amino-alcohol motifs (C(OH)–C–C–N with tert-alkyl or cyclic N) is 1. The minimum atomic E-state index is -0.521.